The lowest BCUT2D eigenvalue weighted by Crippen LogP contribution is -2.37. The van der Waals surface area contributed by atoms with E-state index >= 15 is 0 Å². The van der Waals surface area contributed by atoms with Crippen molar-refractivity contribution in [2.75, 3.05) is 32.8 Å². The van der Waals surface area contributed by atoms with Crippen LogP contribution in [0.3, 0.4) is 0 Å². The summed E-state index contributed by atoms with van der Waals surface area (Å²) in [5, 5.41) is 0. The van der Waals surface area contributed by atoms with E-state index in [0.717, 1.165) is 39.1 Å². The van der Waals surface area contributed by atoms with Crippen molar-refractivity contribution in [2.24, 2.45) is 5.73 Å². The third kappa shape index (κ3) is 4.60. The molecule has 3 heteroatoms. The molecule has 0 aliphatic carbocycles. The summed E-state index contributed by atoms with van der Waals surface area (Å²) in [6, 6.07) is 0.404. The van der Waals surface area contributed by atoms with Crippen molar-refractivity contribution in [1.29, 1.82) is 0 Å². The average molecular weight is 186 g/mol. The van der Waals surface area contributed by atoms with Gasteiger partial charge in [-0.2, -0.15) is 0 Å². The van der Waals surface area contributed by atoms with Gasteiger partial charge in [0.1, 0.15) is 0 Å². The van der Waals surface area contributed by atoms with Crippen LogP contribution in [0.25, 0.3) is 0 Å². The maximum Gasteiger partial charge on any atom is 0.0594 e. The van der Waals surface area contributed by atoms with Crippen molar-refractivity contribution in [3.63, 3.8) is 0 Å². The zero-order valence-electron chi connectivity index (χ0n) is 8.67. The molecule has 13 heavy (non-hydrogen) atoms. The van der Waals surface area contributed by atoms with Crippen LogP contribution in [-0.2, 0) is 4.74 Å². The number of ether oxygens (including phenoxy) is 1. The van der Waals surface area contributed by atoms with Gasteiger partial charge in [0.05, 0.1) is 13.2 Å². The van der Waals surface area contributed by atoms with Gasteiger partial charge in [0.2, 0.25) is 0 Å². The first kappa shape index (κ1) is 11.0. The lowest BCUT2D eigenvalue weighted by Gasteiger charge is -2.26. The summed E-state index contributed by atoms with van der Waals surface area (Å²) in [6.45, 7) is 7.35. The Kier molecular flexibility index (Phi) is 5.35. The van der Waals surface area contributed by atoms with E-state index in [9.17, 15) is 0 Å². The molecule has 1 fully saturated rings. The lowest BCUT2D eigenvalue weighted by molar-refractivity contribution is 0.0370. The van der Waals surface area contributed by atoms with Crippen LogP contribution >= 0.6 is 0 Å². The van der Waals surface area contributed by atoms with Gasteiger partial charge in [0, 0.05) is 19.1 Å². The molecular weight excluding hydrogens is 164 g/mol. The highest BCUT2D eigenvalue weighted by atomic mass is 16.5. The average Bonchev–Trinajstić information content (AvgIpc) is 2.19. The zero-order valence-corrected chi connectivity index (χ0v) is 8.67. The van der Waals surface area contributed by atoms with E-state index in [1.807, 2.05) is 0 Å². The molecule has 1 aliphatic heterocycles. The molecule has 0 aromatic rings. The highest BCUT2D eigenvalue weighted by Crippen LogP contribution is 2.02. The van der Waals surface area contributed by atoms with Crippen LogP contribution in [-0.4, -0.2) is 43.8 Å². The lowest BCUT2D eigenvalue weighted by atomic mass is 10.1. The number of nitrogens with two attached hydrogens (primary N) is 1. The summed E-state index contributed by atoms with van der Waals surface area (Å²) in [5.41, 5.74) is 5.85. The fourth-order valence-corrected chi connectivity index (χ4v) is 1.61. The number of rotatable bonds is 5. The predicted octanol–water partition coefficient (Wildman–Crippen LogP) is 0.836. The minimum atomic E-state index is 0.404. The van der Waals surface area contributed by atoms with Crippen LogP contribution in [0, 0.1) is 0 Å². The molecule has 1 saturated heterocycles. The summed E-state index contributed by atoms with van der Waals surface area (Å²) < 4.78 is 5.28. The van der Waals surface area contributed by atoms with Gasteiger partial charge < -0.3 is 10.5 Å². The minimum Gasteiger partial charge on any atom is -0.379 e. The monoisotopic (exact) mass is 186 g/mol. The highest BCUT2D eigenvalue weighted by Gasteiger charge is 2.09. The molecule has 0 saturated carbocycles. The second-order valence-electron chi connectivity index (χ2n) is 3.76. The molecule has 0 amide bonds. The van der Waals surface area contributed by atoms with Gasteiger partial charge in [-0.25, -0.2) is 0 Å². The number of morpholine rings is 1. The van der Waals surface area contributed by atoms with Crippen molar-refractivity contribution >= 4 is 0 Å². The van der Waals surface area contributed by atoms with E-state index in [1.165, 1.54) is 13.0 Å². The highest BCUT2D eigenvalue weighted by molar-refractivity contribution is 4.64. The topological polar surface area (TPSA) is 38.5 Å². The van der Waals surface area contributed by atoms with Crippen molar-refractivity contribution in [3.8, 4) is 0 Å². The molecule has 1 unspecified atom stereocenters. The van der Waals surface area contributed by atoms with E-state index in [-0.39, 0.29) is 0 Å². The van der Waals surface area contributed by atoms with Gasteiger partial charge >= 0.3 is 0 Å². The van der Waals surface area contributed by atoms with Crippen LogP contribution < -0.4 is 5.73 Å². The molecule has 0 bridgehead atoms. The van der Waals surface area contributed by atoms with Crippen LogP contribution in [0.5, 0.6) is 0 Å². The normalized spacial score (nSPS) is 21.7. The van der Waals surface area contributed by atoms with E-state index < -0.39 is 0 Å². The fraction of sp³-hybridized carbons (Fsp3) is 1.00. The molecule has 0 aromatic heterocycles. The molecule has 1 aliphatic rings. The molecule has 1 heterocycles. The van der Waals surface area contributed by atoms with Crippen LogP contribution in [0.4, 0.5) is 0 Å². The maximum atomic E-state index is 5.85. The first-order chi connectivity index (χ1) is 6.33. The van der Waals surface area contributed by atoms with Crippen molar-refractivity contribution in [3.05, 3.63) is 0 Å². The number of nitrogens with zero attached hydrogens (tertiary/aromatic N) is 1. The number of hydrogen-bond acceptors (Lipinski definition) is 3. The standard InChI is InChI=1S/C10H22N2O/c1-2-10(11)4-3-5-12-6-8-13-9-7-12/h10H,2-9,11H2,1H3. The molecule has 0 radical (unpaired) electrons. The summed E-state index contributed by atoms with van der Waals surface area (Å²) in [6.07, 6.45) is 3.49. The van der Waals surface area contributed by atoms with E-state index in [1.54, 1.807) is 0 Å². The van der Waals surface area contributed by atoms with Gasteiger partial charge in [-0.05, 0) is 25.8 Å². The van der Waals surface area contributed by atoms with Crippen LogP contribution in [0.15, 0.2) is 0 Å². The summed E-state index contributed by atoms with van der Waals surface area (Å²) in [7, 11) is 0. The Morgan fingerprint density at radius 2 is 2.08 bits per heavy atom. The van der Waals surface area contributed by atoms with Crippen molar-refractivity contribution < 1.29 is 4.74 Å². The quantitative estimate of drug-likeness (QED) is 0.691. The molecule has 1 atom stereocenters. The van der Waals surface area contributed by atoms with Gasteiger partial charge in [-0.15, -0.1) is 0 Å². The minimum absolute atomic E-state index is 0.404. The second-order valence-corrected chi connectivity index (χ2v) is 3.76. The van der Waals surface area contributed by atoms with Crippen LogP contribution in [0.2, 0.25) is 0 Å². The van der Waals surface area contributed by atoms with Crippen molar-refractivity contribution in [2.45, 2.75) is 32.2 Å². The molecular formula is C10H22N2O. The molecule has 2 N–H and O–H groups in total. The van der Waals surface area contributed by atoms with Gasteiger partial charge in [0.15, 0.2) is 0 Å². The van der Waals surface area contributed by atoms with Crippen molar-refractivity contribution in [1.82, 2.24) is 4.90 Å². The Hall–Kier alpha value is -0.120. The zero-order chi connectivity index (χ0) is 9.52. The Balaban J connectivity index is 1.98. The van der Waals surface area contributed by atoms with E-state index in [4.69, 9.17) is 10.5 Å². The Labute approximate surface area is 81.2 Å². The first-order valence-corrected chi connectivity index (χ1v) is 5.38. The smallest absolute Gasteiger partial charge is 0.0594 e. The fourth-order valence-electron chi connectivity index (χ4n) is 1.61. The van der Waals surface area contributed by atoms with Gasteiger partial charge in [-0.3, -0.25) is 4.90 Å². The first-order valence-electron chi connectivity index (χ1n) is 5.38. The predicted molar refractivity (Wildman–Crippen MR) is 54.8 cm³/mol. The summed E-state index contributed by atoms with van der Waals surface area (Å²) in [4.78, 5) is 2.46. The third-order valence-corrected chi connectivity index (χ3v) is 2.68. The van der Waals surface area contributed by atoms with E-state index in [2.05, 4.69) is 11.8 Å². The molecule has 1 rings (SSSR count). The Morgan fingerprint density at radius 1 is 1.38 bits per heavy atom. The largest absolute Gasteiger partial charge is 0.379 e. The Morgan fingerprint density at radius 3 is 2.69 bits per heavy atom. The molecule has 78 valence electrons. The number of hydrogen-bond donors (Lipinski definition) is 1. The maximum absolute atomic E-state index is 5.85. The van der Waals surface area contributed by atoms with Gasteiger partial charge in [0.25, 0.3) is 0 Å². The summed E-state index contributed by atoms with van der Waals surface area (Å²) >= 11 is 0. The van der Waals surface area contributed by atoms with E-state index in [0.29, 0.717) is 6.04 Å². The molecule has 0 aromatic carbocycles. The van der Waals surface area contributed by atoms with Gasteiger partial charge in [-0.1, -0.05) is 6.92 Å². The van der Waals surface area contributed by atoms with Crippen LogP contribution in [0.1, 0.15) is 26.2 Å². The SMILES string of the molecule is CCC(N)CCCN1CCOCC1. The Bertz CT molecular complexity index is 124. The second kappa shape index (κ2) is 6.35. The molecule has 0 spiro atoms. The molecule has 3 nitrogen and oxygen atoms in total. The third-order valence-electron chi connectivity index (χ3n) is 2.68. The summed E-state index contributed by atoms with van der Waals surface area (Å²) in [5.74, 6) is 0.